The maximum atomic E-state index is 12.7. The molecule has 1 aliphatic heterocycles. The average molecular weight is 280 g/mol. The first kappa shape index (κ1) is 15.3. The molecule has 5 unspecified atom stereocenters. The normalized spacial score (nSPS) is 38.8. The Hall–Kier alpha value is -1.06. The minimum Gasteiger partial charge on any atom is -0.343 e. The third-order valence-corrected chi connectivity index (χ3v) is 5.05. The van der Waals surface area contributed by atoms with E-state index in [0.29, 0.717) is 18.8 Å². The molecule has 0 bridgehead atoms. The third kappa shape index (κ3) is 2.70. The van der Waals surface area contributed by atoms with Gasteiger partial charge in [-0.3, -0.25) is 9.59 Å². The van der Waals surface area contributed by atoms with Crippen LogP contribution in [-0.2, 0) is 9.59 Å². The highest BCUT2D eigenvalue weighted by atomic mass is 16.2. The number of piperazine rings is 1. The lowest BCUT2D eigenvalue weighted by molar-refractivity contribution is -0.154. The molecule has 2 rings (SSSR count). The lowest BCUT2D eigenvalue weighted by atomic mass is 9.78. The first-order valence-corrected chi connectivity index (χ1v) is 8.12. The van der Waals surface area contributed by atoms with Crippen molar-refractivity contribution in [2.45, 2.75) is 77.9 Å². The van der Waals surface area contributed by atoms with Crippen molar-refractivity contribution < 1.29 is 9.59 Å². The first-order chi connectivity index (χ1) is 9.49. The number of nitrogens with one attached hydrogen (secondary N) is 1. The number of nitrogens with zero attached hydrogens (tertiary/aromatic N) is 1. The van der Waals surface area contributed by atoms with E-state index in [9.17, 15) is 9.59 Å². The second-order valence-electron chi connectivity index (χ2n) is 6.60. The van der Waals surface area contributed by atoms with Gasteiger partial charge in [-0.1, -0.05) is 27.7 Å². The monoisotopic (exact) mass is 280 g/mol. The zero-order valence-electron chi connectivity index (χ0n) is 13.2. The molecular weight excluding hydrogens is 252 g/mol. The fraction of sp³-hybridized carbons (Fsp3) is 0.875. The summed E-state index contributed by atoms with van der Waals surface area (Å²) in [4.78, 5) is 26.9. The highest BCUT2D eigenvalue weighted by Crippen LogP contribution is 2.34. The number of carbonyl (C=O) groups excluding carboxylic acids is 2. The molecule has 20 heavy (non-hydrogen) atoms. The van der Waals surface area contributed by atoms with Gasteiger partial charge in [0.1, 0.15) is 12.1 Å². The van der Waals surface area contributed by atoms with Crippen molar-refractivity contribution in [3.63, 3.8) is 0 Å². The fourth-order valence-corrected chi connectivity index (χ4v) is 3.91. The fourth-order valence-electron chi connectivity index (χ4n) is 3.91. The van der Waals surface area contributed by atoms with E-state index >= 15 is 0 Å². The molecule has 1 saturated heterocycles. The van der Waals surface area contributed by atoms with Crippen molar-refractivity contribution in [2.24, 2.45) is 11.8 Å². The molecular formula is C16H28N2O2. The summed E-state index contributed by atoms with van der Waals surface area (Å²) in [6.07, 6.45) is 4.73. The number of rotatable bonds is 3. The molecule has 4 heteroatoms. The molecule has 2 aliphatic rings. The van der Waals surface area contributed by atoms with E-state index < -0.39 is 0 Å². The van der Waals surface area contributed by atoms with E-state index in [2.05, 4.69) is 19.2 Å². The summed E-state index contributed by atoms with van der Waals surface area (Å²) in [6.45, 7) is 8.46. The van der Waals surface area contributed by atoms with Crippen LogP contribution in [0.1, 0.15) is 59.8 Å². The van der Waals surface area contributed by atoms with Gasteiger partial charge in [0.05, 0.1) is 0 Å². The highest BCUT2D eigenvalue weighted by Gasteiger charge is 2.44. The van der Waals surface area contributed by atoms with Gasteiger partial charge in [0.25, 0.3) is 0 Å². The standard InChI is InChI=1S/C16H28N2O2/c1-5-12-16(20)18(13(6-2)15(19)17-12)14-8-7-10(3)9-11(14)4/h10-14H,5-9H2,1-4H3,(H,17,19). The van der Waals surface area contributed by atoms with Crippen LogP contribution in [0.5, 0.6) is 0 Å². The molecule has 114 valence electrons. The smallest absolute Gasteiger partial charge is 0.246 e. The predicted molar refractivity (Wildman–Crippen MR) is 79.1 cm³/mol. The molecule has 1 N–H and O–H groups in total. The predicted octanol–water partition coefficient (Wildman–Crippen LogP) is 2.33. The summed E-state index contributed by atoms with van der Waals surface area (Å²) < 4.78 is 0. The van der Waals surface area contributed by atoms with E-state index in [1.54, 1.807) is 0 Å². The molecule has 0 aromatic carbocycles. The van der Waals surface area contributed by atoms with Crippen LogP contribution in [0.2, 0.25) is 0 Å². The van der Waals surface area contributed by atoms with Crippen LogP contribution in [0.3, 0.4) is 0 Å². The summed E-state index contributed by atoms with van der Waals surface area (Å²) >= 11 is 0. The number of hydrogen-bond acceptors (Lipinski definition) is 2. The first-order valence-electron chi connectivity index (χ1n) is 8.12. The second-order valence-corrected chi connectivity index (χ2v) is 6.60. The largest absolute Gasteiger partial charge is 0.343 e. The van der Waals surface area contributed by atoms with Crippen LogP contribution in [-0.4, -0.2) is 34.8 Å². The van der Waals surface area contributed by atoms with Gasteiger partial charge in [-0.25, -0.2) is 0 Å². The summed E-state index contributed by atoms with van der Waals surface area (Å²) in [5.74, 6) is 1.38. The maximum absolute atomic E-state index is 12.7. The second kappa shape index (κ2) is 6.15. The summed E-state index contributed by atoms with van der Waals surface area (Å²) in [6, 6.07) is -0.355. The molecule has 1 saturated carbocycles. The lowest BCUT2D eigenvalue weighted by Gasteiger charge is -2.47. The molecule has 0 aromatic rings. The van der Waals surface area contributed by atoms with Gasteiger partial charge in [-0.05, 0) is 43.9 Å². The van der Waals surface area contributed by atoms with Crippen molar-refractivity contribution in [2.75, 3.05) is 0 Å². The molecule has 0 radical (unpaired) electrons. The molecule has 0 aromatic heterocycles. The Kier molecular flexibility index (Phi) is 4.71. The Labute approximate surface area is 122 Å². The van der Waals surface area contributed by atoms with Gasteiger partial charge < -0.3 is 10.2 Å². The summed E-state index contributed by atoms with van der Waals surface area (Å²) in [7, 11) is 0. The Bertz CT molecular complexity index is 383. The van der Waals surface area contributed by atoms with E-state index in [4.69, 9.17) is 0 Å². The zero-order valence-corrected chi connectivity index (χ0v) is 13.2. The van der Waals surface area contributed by atoms with E-state index in [-0.39, 0.29) is 29.9 Å². The van der Waals surface area contributed by atoms with Crippen LogP contribution in [0.25, 0.3) is 0 Å². The highest BCUT2D eigenvalue weighted by molar-refractivity contribution is 5.97. The SMILES string of the molecule is CCC1NC(=O)C(CC)N(C2CCC(C)CC2C)C1=O. The molecule has 5 atom stereocenters. The Morgan fingerprint density at radius 3 is 2.40 bits per heavy atom. The minimum absolute atomic E-state index is 0.0322. The van der Waals surface area contributed by atoms with Crippen molar-refractivity contribution >= 4 is 11.8 Å². The molecule has 2 amide bonds. The number of hydrogen-bond donors (Lipinski definition) is 1. The van der Waals surface area contributed by atoms with Crippen LogP contribution >= 0.6 is 0 Å². The Balaban J connectivity index is 2.24. The van der Waals surface area contributed by atoms with Crippen molar-refractivity contribution in [1.82, 2.24) is 10.2 Å². The van der Waals surface area contributed by atoms with Crippen molar-refractivity contribution in [3.8, 4) is 0 Å². The molecule has 1 aliphatic carbocycles. The molecule has 1 heterocycles. The van der Waals surface area contributed by atoms with E-state index in [0.717, 1.165) is 25.2 Å². The minimum atomic E-state index is -0.322. The van der Waals surface area contributed by atoms with Crippen LogP contribution in [0, 0.1) is 11.8 Å². The van der Waals surface area contributed by atoms with Crippen molar-refractivity contribution in [1.29, 1.82) is 0 Å². The molecule has 2 fully saturated rings. The molecule has 0 spiro atoms. The Morgan fingerprint density at radius 2 is 1.85 bits per heavy atom. The topological polar surface area (TPSA) is 49.4 Å². The lowest BCUT2D eigenvalue weighted by Crippen LogP contribution is -2.66. The third-order valence-electron chi connectivity index (χ3n) is 5.05. The van der Waals surface area contributed by atoms with Gasteiger partial charge in [-0.15, -0.1) is 0 Å². The molecule has 4 nitrogen and oxygen atoms in total. The quantitative estimate of drug-likeness (QED) is 0.862. The Morgan fingerprint density at radius 1 is 1.15 bits per heavy atom. The van der Waals surface area contributed by atoms with Gasteiger partial charge >= 0.3 is 0 Å². The van der Waals surface area contributed by atoms with Crippen LogP contribution in [0.15, 0.2) is 0 Å². The number of carbonyl (C=O) groups is 2. The van der Waals surface area contributed by atoms with E-state index in [1.165, 1.54) is 0 Å². The van der Waals surface area contributed by atoms with E-state index in [1.807, 2.05) is 18.7 Å². The van der Waals surface area contributed by atoms with Gasteiger partial charge in [-0.2, -0.15) is 0 Å². The summed E-state index contributed by atoms with van der Waals surface area (Å²) in [5.41, 5.74) is 0. The average Bonchev–Trinajstić information content (AvgIpc) is 2.41. The van der Waals surface area contributed by atoms with Crippen LogP contribution < -0.4 is 5.32 Å². The van der Waals surface area contributed by atoms with Crippen molar-refractivity contribution in [3.05, 3.63) is 0 Å². The van der Waals surface area contributed by atoms with Gasteiger partial charge in [0, 0.05) is 6.04 Å². The summed E-state index contributed by atoms with van der Waals surface area (Å²) in [5, 5.41) is 2.88. The van der Waals surface area contributed by atoms with Gasteiger partial charge in [0.2, 0.25) is 11.8 Å². The maximum Gasteiger partial charge on any atom is 0.246 e. The zero-order chi connectivity index (χ0) is 14.9. The number of amides is 2. The van der Waals surface area contributed by atoms with Crippen LogP contribution in [0.4, 0.5) is 0 Å². The van der Waals surface area contributed by atoms with Gasteiger partial charge in [0.15, 0.2) is 0 Å².